The molecule has 0 aliphatic carbocycles. The molecule has 2 atom stereocenters. The number of carbonyl (C=O) groups is 1. The predicted molar refractivity (Wildman–Crippen MR) is 118 cm³/mol. The van der Waals surface area contributed by atoms with E-state index >= 15 is 0 Å². The number of hydrogen-bond acceptors (Lipinski definition) is 5. The summed E-state index contributed by atoms with van der Waals surface area (Å²) in [5.41, 5.74) is 1.52. The Bertz CT molecular complexity index is 1100. The molecule has 2 heterocycles. The number of para-hydroxylation sites is 1. The van der Waals surface area contributed by atoms with Gasteiger partial charge in [-0.15, -0.1) is 0 Å². The highest BCUT2D eigenvalue weighted by molar-refractivity contribution is 5.81. The number of aromatic amines is 1. The number of fused-ring (bicyclic) bond motifs is 1. The molecule has 162 valence electrons. The lowest BCUT2D eigenvalue weighted by molar-refractivity contribution is -0.140. The first-order valence-corrected chi connectivity index (χ1v) is 10.6. The smallest absolute Gasteiger partial charge is 0.263 e. The van der Waals surface area contributed by atoms with Gasteiger partial charge in [-0.1, -0.05) is 29.8 Å². The van der Waals surface area contributed by atoms with Crippen molar-refractivity contribution in [3.8, 4) is 5.75 Å². The minimum absolute atomic E-state index is 0.0253. The van der Waals surface area contributed by atoms with Gasteiger partial charge in [0.2, 0.25) is 0 Å². The number of nitrogens with zero attached hydrogens (tertiary/aromatic N) is 2. The van der Waals surface area contributed by atoms with E-state index in [1.165, 1.54) is 0 Å². The monoisotopic (exact) mass is 421 g/mol. The molecule has 7 nitrogen and oxygen atoms in total. The van der Waals surface area contributed by atoms with E-state index in [1.54, 1.807) is 30.0 Å². The van der Waals surface area contributed by atoms with Crippen molar-refractivity contribution in [3.63, 3.8) is 0 Å². The van der Waals surface area contributed by atoms with Gasteiger partial charge in [0.1, 0.15) is 11.6 Å². The van der Waals surface area contributed by atoms with Gasteiger partial charge in [-0.25, -0.2) is 4.98 Å². The van der Waals surface area contributed by atoms with Crippen molar-refractivity contribution in [2.45, 2.75) is 45.4 Å². The van der Waals surface area contributed by atoms with Gasteiger partial charge in [0.15, 0.2) is 6.10 Å². The van der Waals surface area contributed by atoms with Crippen LogP contribution in [0.15, 0.2) is 53.3 Å². The van der Waals surface area contributed by atoms with Crippen LogP contribution < -0.4 is 10.3 Å². The number of benzene rings is 2. The number of aromatic nitrogens is 2. The molecule has 1 aliphatic heterocycles. The maximum atomic E-state index is 13.3. The Morgan fingerprint density at radius 1 is 1.26 bits per heavy atom. The molecule has 7 heteroatoms. The van der Waals surface area contributed by atoms with E-state index in [4.69, 9.17) is 9.47 Å². The molecule has 1 fully saturated rings. The molecule has 0 unspecified atom stereocenters. The van der Waals surface area contributed by atoms with Gasteiger partial charge in [0.25, 0.3) is 11.5 Å². The maximum Gasteiger partial charge on any atom is 0.263 e. The van der Waals surface area contributed by atoms with Crippen LogP contribution in [0.1, 0.15) is 31.2 Å². The third-order valence-electron chi connectivity index (χ3n) is 5.44. The molecule has 1 N–H and O–H groups in total. The van der Waals surface area contributed by atoms with Gasteiger partial charge in [-0.3, -0.25) is 9.59 Å². The van der Waals surface area contributed by atoms with Crippen molar-refractivity contribution >= 4 is 16.8 Å². The van der Waals surface area contributed by atoms with Crippen molar-refractivity contribution in [3.05, 3.63) is 70.3 Å². The molecule has 4 rings (SSSR count). The number of H-pyrrole nitrogens is 1. The number of rotatable bonds is 7. The molecular formula is C24H27N3O4. The van der Waals surface area contributed by atoms with Crippen LogP contribution in [0.3, 0.4) is 0 Å². The molecule has 0 bridgehead atoms. The molecule has 2 aromatic carbocycles. The number of amides is 1. The van der Waals surface area contributed by atoms with E-state index in [0.29, 0.717) is 35.6 Å². The van der Waals surface area contributed by atoms with Crippen LogP contribution >= 0.6 is 0 Å². The molecule has 1 amide bonds. The van der Waals surface area contributed by atoms with Crippen molar-refractivity contribution < 1.29 is 14.3 Å². The third kappa shape index (κ3) is 5.11. The number of ether oxygens (including phenoxy) is 2. The number of aryl methyl sites for hydroxylation is 1. The van der Waals surface area contributed by atoms with Crippen molar-refractivity contribution in [2.75, 3.05) is 13.2 Å². The summed E-state index contributed by atoms with van der Waals surface area (Å²) >= 11 is 0. The van der Waals surface area contributed by atoms with Crippen LogP contribution in [0.4, 0.5) is 0 Å². The van der Waals surface area contributed by atoms with Crippen LogP contribution in [0, 0.1) is 6.92 Å². The summed E-state index contributed by atoms with van der Waals surface area (Å²) < 4.78 is 11.6. The minimum atomic E-state index is -0.684. The topological polar surface area (TPSA) is 84.5 Å². The average Bonchev–Trinajstić information content (AvgIpc) is 3.27. The summed E-state index contributed by atoms with van der Waals surface area (Å²) in [5.74, 6) is 0.908. The van der Waals surface area contributed by atoms with Crippen LogP contribution in [-0.4, -0.2) is 46.1 Å². The Kier molecular flexibility index (Phi) is 6.32. The molecule has 0 saturated carbocycles. The van der Waals surface area contributed by atoms with Crippen molar-refractivity contribution in [1.82, 2.24) is 14.9 Å². The Hall–Kier alpha value is -3.19. The predicted octanol–water partition coefficient (Wildman–Crippen LogP) is 3.21. The van der Waals surface area contributed by atoms with E-state index in [-0.39, 0.29) is 24.1 Å². The van der Waals surface area contributed by atoms with Gasteiger partial charge >= 0.3 is 0 Å². The SMILES string of the molecule is Cc1ccc(O[C@H](C)C(=O)N(Cc2nc3ccccc3c(=O)[nH]2)C[C@H]2CCCO2)cc1. The first kappa shape index (κ1) is 21.1. The first-order chi connectivity index (χ1) is 15.0. The molecule has 1 aliphatic rings. The molecule has 1 saturated heterocycles. The Labute approximate surface area is 181 Å². The van der Waals surface area contributed by atoms with Crippen molar-refractivity contribution in [1.29, 1.82) is 0 Å². The first-order valence-electron chi connectivity index (χ1n) is 10.6. The highest BCUT2D eigenvalue weighted by Gasteiger charge is 2.27. The summed E-state index contributed by atoms with van der Waals surface area (Å²) in [6.07, 6.45) is 1.17. The highest BCUT2D eigenvalue weighted by atomic mass is 16.5. The lowest BCUT2D eigenvalue weighted by Gasteiger charge is -2.28. The second-order valence-electron chi connectivity index (χ2n) is 7.96. The highest BCUT2D eigenvalue weighted by Crippen LogP contribution is 2.18. The standard InChI is InChI=1S/C24H27N3O4/c1-16-9-11-18(12-10-16)31-17(2)24(29)27(14-19-6-5-13-30-19)15-22-25-21-8-4-3-7-20(21)23(28)26-22/h3-4,7-12,17,19H,5-6,13-15H2,1-2H3,(H,25,26,28)/t17-,19-/m1/s1. The van der Waals surface area contributed by atoms with E-state index in [1.807, 2.05) is 37.3 Å². The van der Waals surface area contributed by atoms with Gasteiger partial charge in [0.05, 0.1) is 23.6 Å². The average molecular weight is 421 g/mol. The summed E-state index contributed by atoms with van der Waals surface area (Å²) in [4.78, 5) is 34.8. The second-order valence-corrected chi connectivity index (χ2v) is 7.96. The minimum Gasteiger partial charge on any atom is -0.481 e. The molecule has 31 heavy (non-hydrogen) atoms. The molecular weight excluding hydrogens is 394 g/mol. The molecule has 0 radical (unpaired) electrons. The maximum absolute atomic E-state index is 13.3. The van der Waals surface area contributed by atoms with Crippen molar-refractivity contribution in [2.24, 2.45) is 0 Å². The normalized spacial score (nSPS) is 16.9. The van der Waals surface area contributed by atoms with E-state index in [2.05, 4.69) is 9.97 Å². The van der Waals surface area contributed by atoms with E-state index in [0.717, 1.165) is 18.4 Å². The summed E-state index contributed by atoms with van der Waals surface area (Å²) in [7, 11) is 0. The largest absolute Gasteiger partial charge is 0.481 e. The van der Waals surface area contributed by atoms with E-state index < -0.39 is 6.10 Å². The Balaban J connectivity index is 1.55. The van der Waals surface area contributed by atoms with Crippen LogP contribution in [0.2, 0.25) is 0 Å². The zero-order chi connectivity index (χ0) is 21.8. The van der Waals surface area contributed by atoms with Crippen LogP contribution in [-0.2, 0) is 16.1 Å². The molecule has 1 aromatic heterocycles. The lowest BCUT2D eigenvalue weighted by atomic mass is 10.2. The number of nitrogens with one attached hydrogen (secondary N) is 1. The molecule has 3 aromatic rings. The van der Waals surface area contributed by atoms with Gasteiger partial charge in [-0.05, 0) is 51.0 Å². The fourth-order valence-electron chi connectivity index (χ4n) is 3.79. The lowest BCUT2D eigenvalue weighted by Crippen LogP contribution is -2.44. The van der Waals surface area contributed by atoms with Gasteiger partial charge in [-0.2, -0.15) is 0 Å². The molecule has 0 spiro atoms. The third-order valence-corrected chi connectivity index (χ3v) is 5.44. The second kappa shape index (κ2) is 9.31. The van der Waals surface area contributed by atoms with Crippen LogP contribution in [0.25, 0.3) is 10.9 Å². The zero-order valence-electron chi connectivity index (χ0n) is 17.8. The Morgan fingerprint density at radius 2 is 2.03 bits per heavy atom. The summed E-state index contributed by atoms with van der Waals surface area (Å²) in [5, 5.41) is 0.527. The fourth-order valence-corrected chi connectivity index (χ4v) is 3.79. The van der Waals surface area contributed by atoms with Crippen LogP contribution in [0.5, 0.6) is 5.75 Å². The number of carbonyl (C=O) groups excluding carboxylic acids is 1. The summed E-state index contributed by atoms with van der Waals surface area (Å²) in [6, 6.07) is 14.8. The fraction of sp³-hybridized carbons (Fsp3) is 0.375. The van der Waals surface area contributed by atoms with Gasteiger partial charge in [0, 0.05) is 13.2 Å². The quantitative estimate of drug-likeness (QED) is 0.633. The Morgan fingerprint density at radius 3 is 2.77 bits per heavy atom. The zero-order valence-corrected chi connectivity index (χ0v) is 17.8. The van der Waals surface area contributed by atoms with E-state index in [9.17, 15) is 9.59 Å². The summed E-state index contributed by atoms with van der Waals surface area (Å²) in [6.45, 7) is 5.05. The number of hydrogen-bond donors (Lipinski definition) is 1. The van der Waals surface area contributed by atoms with Gasteiger partial charge < -0.3 is 19.4 Å².